The van der Waals surface area contributed by atoms with E-state index in [1.165, 1.54) is 23.3 Å². The van der Waals surface area contributed by atoms with Crippen LogP contribution in [0.15, 0.2) is 150 Å². The monoisotopic (exact) mass is 655 g/mol. The summed E-state index contributed by atoms with van der Waals surface area (Å²) in [6.07, 6.45) is 4.46. The molecule has 244 valence electrons. The summed E-state index contributed by atoms with van der Waals surface area (Å²) in [7, 11) is 0. The average molecular weight is 656 g/mol. The van der Waals surface area contributed by atoms with Gasteiger partial charge in [-0.15, -0.1) is 0 Å². The van der Waals surface area contributed by atoms with Crippen LogP contribution in [0, 0.1) is 25.5 Å². The van der Waals surface area contributed by atoms with Gasteiger partial charge in [0.2, 0.25) is 0 Å². The van der Waals surface area contributed by atoms with Crippen LogP contribution in [0.5, 0.6) is 0 Å². The maximum absolute atomic E-state index is 14.9. The molecule has 0 N–H and O–H groups in total. The lowest BCUT2D eigenvalue weighted by Gasteiger charge is -2.17. The summed E-state index contributed by atoms with van der Waals surface area (Å²) < 4.78 is 32.1. The van der Waals surface area contributed by atoms with Crippen LogP contribution in [-0.4, -0.2) is 16.1 Å². The Labute approximate surface area is 290 Å². The zero-order chi connectivity index (χ0) is 34.2. The molecule has 0 unspecified atom stereocenters. The summed E-state index contributed by atoms with van der Waals surface area (Å²) in [6.45, 7) is 4.21. The van der Waals surface area contributed by atoms with E-state index in [-0.39, 0.29) is 0 Å². The Balaban J connectivity index is 1.37. The van der Waals surface area contributed by atoms with E-state index in [4.69, 9.17) is 9.98 Å². The van der Waals surface area contributed by atoms with E-state index < -0.39 is 11.6 Å². The number of aromatic nitrogens is 1. The van der Waals surface area contributed by atoms with Crippen LogP contribution < -0.4 is 0 Å². The van der Waals surface area contributed by atoms with Crippen molar-refractivity contribution >= 4 is 39.1 Å². The van der Waals surface area contributed by atoms with E-state index in [0.717, 1.165) is 74.5 Å². The van der Waals surface area contributed by atoms with Gasteiger partial charge in [0.25, 0.3) is 0 Å². The fourth-order valence-electron chi connectivity index (χ4n) is 6.98. The second-order valence-electron chi connectivity index (χ2n) is 13.0. The molecule has 5 heteroatoms. The minimum absolute atomic E-state index is 0.454. The molecule has 1 aromatic heterocycles. The number of aliphatic imine (C=N–C) groups is 2. The van der Waals surface area contributed by atoms with E-state index in [1.807, 2.05) is 54.6 Å². The van der Waals surface area contributed by atoms with Crippen molar-refractivity contribution in [2.24, 2.45) is 9.98 Å². The van der Waals surface area contributed by atoms with Gasteiger partial charge in [-0.1, -0.05) is 96.1 Å². The number of amidine groups is 1. The number of rotatable bonds is 5. The highest BCUT2D eigenvalue weighted by Crippen LogP contribution is 2.36. The Morgan fingerprint density at radius 3 is 1.82 bits per heavy atom. The van der Waals surface area contributed by atoms with Gasteiger partial charge in [0.05, 0.1) is 22.4 Å². The summed E-state index contributed by atoms with van der Waals surface area (Å²) in [6, 6.07) is 43.0. The van der Waals surface area contributed by atoms with Gasteiger partial charge in [-0.2, -0.15) is 0 Å². The molecule has 0 atom stereocenters. The van der Waals surface area contributed by atoms with Crippen LogP contribution >= 0.6 is 0 Å². The highest BCUT2D eigenvalue weighted by atomic mass is 19.1. The molecule has 0 saturated heterocycles. The fraction of sp³-hybridized carbons (Fsp3) is 0.111. The van der Waals surface area contributed by atoms with Crippen LogP contribution in [-0.2, 0) is 0 Å². The predicted octanol–water partition coefficient (Wildman–Crippen LogP) is 11.8. The number of benzene rings is 6. The Kier molecular flexibility index (Phi) is 8.25. The van der Waals surface area contributed by atoms with Crippen LogP contribution in [0.2, 0.25) is 0 Å². The highest BCUT2D eigenvalue weighted by Gasteiger charge is 2.20. The molecule has 1 aliphatic heterocycles. The first-order chi connectivity index (χ1) is 24.4. The number of aryl methyl sites for hydroxylation is 2. The number of hydrogen-bond donors (Lipinski definition) is 0. The lowest BCUT2D eigenvalue weighted by Crippen LogP contribution is -2.09. The van der Waals surface area contributed by atoms with Crippen molar-refractivity contribution in [1.29, 1.82) is 0 Å². The molecular formula is C45H35F2N3. The Bertz CT molecular complexity index is 2410. The molecular weight excluding hydrogens is 621 g/mol. The van der Waals surface area contributed by atoms with Crippen molar-refractivity contribution in [2.75, 3.05) is 0 Å². The van der Waals surface area contributed by atoms with E-state index in [2.05, 4.69) is 85.2 Å². The molecule has 0 spiro atoms. The molecule has 2 heterocycles. The van der Waals surface area contributed by atoms with Crippen molar-refractivity contribution in [3.8, 4) is 16.8 Å². The van der Waals surface area contributed by atoms with Crippen LogP contribution in [0.4, 0.5) is 8.78 Å². The summed E-state index contributed by atoms with van der Waals surface area (Å²) in [5.74, 6) is -0.663. The summed E-state index contributed by atoms with van der Waals surface area (Å²) in [4.78, 5) is 10.4. The lowest BCUT2D eigenvalue weighted by molar-refractivity contribution is 0.584. The SMILES string of the molecule is Cc1ccc2c(c1)c1cc(C)ccc1n2-c1ccc(/C2=N/C(c3ccccc3)=N\C(c3ccccc3)=C/CCC2)c(-c2cc(F)cc(F)c2)c1. The van der Waals surface area contributed by atoms with Gasteiger partial charge in [-0.3, -0.25) is 0 Å². The van der Waals surface area contributed by atoms with Crippen molar-refractivity contribution in [3.05, 3.63) is 179 Å². The number of fused-ring (bicyclic) bond motifs is 3. The van der Waals surface area contributed by atoms with Gasteiger partial charge in [0.1, 0.15) is 11.6 Å². The average Bonchev–Trinajstić information content (AvgIpc) is 3.49. The largest absolute Gasteiger partial charge is 0.309 e. The topological polar surface area (TPSA) is 29.6 Å². The third-order valence-corrected chi connectivity index (χ3v) is 9.35. The van der Waals surface area contributed by atoms with Crippen molar-refractivity contribution < 1.29 is 8.78 Å². The van der Waals surface area contributed by atoms with Gasteiger partial charge in [-0.25, -0.2) is 18.8 Å². The summed E-state index contributed by atoms with van der Waals surface area (Å²) >= 11 is 0. The number of hydrogen-bond acceptors (Lipinski definition) is 2. The molecule has 0 bridgehead atoms. The molecule has 6 aromatic carbocycles. The van der Waals surface area contributed by atoms with Crippen molar-refractivity contribution in [1.82, 2.24) is 4.57 Å². The smallest absolute Gasteiger partial charge is 0.160 e. The number of allylic oxidation sites excluding steroid dienone is 1. The van der Waals surface area contributed by atoms with Gasteiger partial charge >= 0.3 is 0 Å². The minimum Gasteiger partial charge on any atom is -0.309 e. The third-order valence-electron chi connectivity index (χ3n) is 9.35. The number of nitrogens with zero attached hydrogens (tertiary/aromatic N) is 3. The van der Waals surface area contributed by atoms with Crippen molar-refractivity contribution in [2.45, 2.75) is 33.1 Å². The molecule has 50 heavy (non-hydrogen) atoms. The minimum atomic E-state index is -0.626. The second kappa shape index (κ2) is 13.2. The standard InChI is InChI=1S/C45H35F2N3/c1-29-17-21-43-39(23-29)40-24-30(2)18-22-44(40)50(43)36-19-20-37(38(28-36)33-25-34(46)27-35(47)26-33)42-16-10-9-15-41(31-11-5-3-6-12-31)48-45(49-42)32-13-7-4-8-14-32/h3-8,11-15,17-28H,9-10,16H2,1-2H3/b41-15-,48-45-,49-42+. The van der Waals surface area contributed by atoms with E-state index in [0.29, 0.717) is 23.4 Å². The van der Waals surface area contributed by atoms with Gasteiger partial charge in [-0.05, 0) is 98.3 Å². The van der Waals surface area contributed by atoms with Gasteiger partial charge in [0.15, 0.2) is 5.84 Å². The van der Waals surface area contributed by atoms with E-state index >= 15 is 0 Å². The number of halogens is 2. The predicted molar refractivity (Wildman–Crippen MR) is 203 cm³/mol. The van der Waals surface area contributed by atoms with Crippen LogP contribution in [0.1, 0.15) is 47.1 Å². The van der Waals surface area contributed by atoms with E-state index in [9.17, 15) is 8.78 Å². The quantitative estimate of drug-likeness (QED) is 0.177. The summed E-state index contributed by atoms with van der Waals surface area (Å²) in [5.41, 5.74) is 11.0. The molecule has 8 rings (SSSR count). The molecule has 3 nitrogen and oxygen atoms in total. The summed E-state index contributed by atoms with van der Waals surface area (Å²) in [5, 5.41) is 2.33. The van der Waals surface area contributed by atoms with Crippen LogP contribution in [0.25, 0.3) is 44.3 Å². The third kappa shape index (κ3) is 6.07. The molecule has 0 radical (unpaired) electrons. The van der Waals surface area contributed by atoms with Crippen LogP contribution in [0.3, 0.4) is 0 Å². The molecule has 0 aliphatic carbocycles. The first-order valence-electron chi connectivity index (χ1n) is 17.0. The van der Waals surface area contributed by atoms with Gasteiger partial charge < -0.3 is 4.57 Å². The van der Waals surface area contributed by atoms with E-state index in [1.54, 1.807) is 0 Å². The van der Waals surface area contributed by atoms with Gasteiger partial charge in [0, 0.05) is 33.7 Å². The Morgan fingerprint density at radius 2 is 1.18 bits per heavy atom. The molecule has 0 amide bonds. The Hall–Kier alpha value is -5.94. The Morgan fingerprint density at radius 1 is 0.560 bits per heavy atom. The zero-order valence-electron chi connectivity index (χ0n) is 28.0. The molecule has 1 aliphatic rings. The molecule has 0 fully saturated rings. The normalized spacial score (nSPS) is 16.8. The molecule has 0 saturated carbocycles. The fourth-order valence-corrected chi connectivity index (χ4v) is 6.98. The zero-order valence-corrected chi connectivity index (χ0v) is 28.0. The lowest BCUT2D eigenvalue weighted by atomic mass is 9.93. The molecule has 7 aromatic rings. The maximum Gasteiger partial charge on any atom is 0.160 e. The van der Waals surface area contributed by atoms with Crippen molar-refractivity contribution in [3.63, 3.8) is 0 Å². The second-order valence-corrected chi connectivity index (χ2v) is 13.0. The first-order valence-corrected chi connectivity index (χ1v) is 17.0. The maximum atomic E-state index is 14.9. The first kappa shape index (κ1) is 31.3. The highest BCUT2D eigenvalue weighted by molar-refractivity contribution is 6.16.